The lowest BCUT2D eigenvalue weighted by molar-refractivity contribution is -0.119. The first-order valence-corrected chi connectivity index (χ1v) is 7.70. The van der Waals surface area contributed by atoms with Crippen molar-refractivity contribution in [1.29, 1.82) is 0 Å². The molecule has 0 radical (unpaired) electrons. The van der Waals surface area contributed by atoms with Crippen LogP contribution in [0.2, 0.25) is 0 Å². The van der Waals surface area contributed by atoms with Crippen LogP contribution in [0.15, 0.2) is 29.2 Å². The van der Waals surface area contributed by atoms with Gasteiger partial charge in [0, 0.05) is 0 Å². The van der Waals surface area contributed by atoms with Crippen LogP contribution in [0.5, 0.6) is 0 Å². The molecule has 21 heavy (non-hydrogen) atoms. The van der Waals surface area contributed by atoms with Crippen molar-refractivity contribution in [2.75, 3.05) is 5.32 Å². The van der Waals surface area contributed by atoms with E-state index in [1.165, 1.54) is 18.2 Å². The maximum absolute atomic E-state index is 12.6. The Kier molecular flexibility index (Phi) is 5.06. The summed E-state index contributed by atoms with van der Waals surface area (Å²) in [5.41, 5.74) is 4.99. The monoisotopic (exact) mass is 320 g/mol. The van der Waals surface area contributed by atoms with Crippen LogP contribution in [-0.4, -0.2) is 26.1 Å². The van der Waals surface area contributed by atoms with E-state index < -0.39 is 37.9 Å². The van der Waals surface area contributed by atoms with E-state index in [0.29, 0.717) is 0 Å². The molecule has 0 aliphatic carbocycles. The van der Waals surface area contributed by atoms with Crippen LogP contribution in [0, 0.1) is 5.41 Å². The van der Waals surface area contributed by atoms with E-state index in [4.69, 9.17) is 5.73 Å². The number of nitrogens with two attached hydrogens (primary N) is 1. The zero-order valence-electron chi connectivity index (χ0n) is 11.9. The van der Waals surface area contributed by atoms with E-state index in [9.17, 15) is 22.0 Å². The molecule has 8 heteroatoms. The number of rotatable bonds is 4. The fraction of sp³-hybridized carbons (Fsp3) is 0.462. The van der Waals surface area contributed by atoms with Gasteiger partial charge < -0.3 is 11.1 Å². The Balaban J connectivity index is 3.15. The van der Waals surface area contributed by atoms with Gasteiger partial charge in [-0.1, -0.05) is 32.9 Å². The number of para-hydroxylation sites is 1. The highest BCUT2D eigenvalue weighted by Crippen LogP contribution is 2.27. The number of benzene rings is 1. The van der Waals surface area contributed by atoms with E-state index in [-0.39, 0.29) is 5.69 Å². The van der Waals surface area contributed by atoms with Gasteiger partial charge in [0.2, 0.25) is 15.7 Å². The van der Waals surface area contributed by atoms with Crippen LogP contribution in [0.4, 0.5) is 14.5 Å². The second kappa shape index (κ2) is 6.07. The number of hydrogen-bond donors (Lipinski definition) is 2. The zero-order chi connectivity index (χ0) is 16.4. The lowest BCUT2D eigenvalue weighted by atomic mass is 9.87. The molecule has 0 aromatic heterocycles. The van der Waals surface area contributed by atoms with Crippen LogP contribution in [-0.2, 0) is 14.6 Å². The maximum atomic E-state index is 12.6. The van der Waals surface area contributed by atoms with Gasteiger partial charge in [-0.05, 0) is 17.5 Å². The van der Waals surface area contributed by atoms with Crippen molar-refractivity contribution in [3.63, 3.8) is 0 Å². The topological polar surface area (TPSA) is 89.3 Å². The van der Waals surface area contributed by atoms with Crippen molar-refractivity contribution >= 4 is 21.4 Å². The largest absolute Gasteiger partial charge is 0.341 e. The number of sulfone groups is 1. The number of halogens is 2. The summed E-state index contributed by atoms with van der Waals surface area (Å²) >= 11 is 0. The Labute approximate surface area is 122 Å². The number of alkyl halides is 2. The van der Waals surface area contributed by atoms with Crippen molar-refractivity contribution in [1.82, 2.24) is 0 Å². The number of amides is 1. The standard InChI is InChI=1S/C13H18F2N2O3S/c1-13(2,3)10(16)11(18)17-8-6-4-5-7-9(8)21(19,20)12(14)15/h4-7,10,12H,16H2,1-3H3,(H,17,18)/t10-/m1/s1. The SMILES string of the molecule is CC(C)(C)[C@H](N)C(=O)Nc1ccccc1S(=O)(=O)C(F)F. The average Bonchev–Trinajstić information content (AvgIpc) is 2.36. The molecule has 0 fully saturated rings. The van der Waals surface area contributed by atoms with Crippen LogP contribution >= 0.6 is 0 Å². The van der Waals surface area contributed by atoms with E-state index >= 15 is 0 Å². The van der Waals surface area contributed by atoms with Gasteiger partial charge in [0.15, 0.2) is 0 Å². The molecule has 118 valence electrons. The van der Waals surface area contributed by atoms with Crippen LogP contribution in [0.25, 0.3) is 0 Å². The van der Waals surface area contributed by atoms with Crippen LogP contribution in [0.3, 0.4) is 0 Å². The number of carbonyl (C=O) groups is 1. The molecular formula is C13H18F2N2O3S. The van der Waals surface area contributed by atoms with Crippen molar-refractivity contribution in [3.05, 3.63) is 24.3 Å². The number of anilines is 1. The fourth-order valence-corrected chi connectivity index (χ4v) is 2.40. The minimum Gasteiger partial charge on any atom is -0.324 e. The molecule has 0 aliphatic rings. The van der Waals surface area contributed by atoms with Crippen molar-refractivity contribution < 1.29 is 22.0 Å². The average molecular weight is 320 g/mol. The molecule has 0 spiro atoms. The molecule has 0 saturated carbocycles. The predicted molar refractivity (Wildman–Crippen MR) is 75.7 cm³/mol. The molecule has 0 saturated heterocycles. The Morgan fingerprint density at radius 3 is 2.24 bits per heavy atom. The predicted octanol–water partition coefficient (Wildman–Crippen LogP) is 1.99. The normalized spacial score (nSPS) is 14.0. The number of hydrogen-bond acceptors (Lipinski definition) is 4. The van der Waals surface area contributed by atoms with Crippen LogP contribution < -0.4 is 11.1 Å². The molecule has 0 bridgehead atoms. The van der Waals surface area contributed by atoms with E-state index in [2.05, 4.69) is 5.32 Å². The molecule has 0 unspecified atom stereocenters. The first kappa shape index (κ1) is 17.5. The van der Waals surface area contributed by atoms with Gasteiger partial charge >= 0.3 is 5.76 Å². The number of carbonyl (C=O) groups excluding carboxylic acids is 1. The summed E-state index contributed by atoms with van der Waals surface area (Å²) in [6.07, 6.45) is 0. The van der Waals surface area contributed by atoms with Gasteiger partial charge in [-0.25, -0.2) is 8.42 Å². The second-order valence-electron chi connectivity index (χ2n) is 5.63. The maximum Gasteiger partial charge on any atom is 0.341 e. The van der Waals surface area contributed by atoms with Crippen LogP contribution in [0.1, 0.15) is 20.8 Å². The molecule has 1 atom stereocenters. The lowest BCUT2D eigenvalue weighted by Gasteiger charge is -2.26. The van der Waals surface area contributed by atoms with Gasteiger partial charge in [0.05, 0.1) is 16.6 Å². The van der Waals surface area contributed by atoms with Crippen molar-refractivity contribution in [3.8, 4) is 0 Å². The molecule has 1 aromatic carbocycles. The molecular weight excluding hydrogens is 302 g/mol. The quantitative estimate of drug-likeness (QED) is 0.888. The molecule has 1 aromatic rings. The van der Waals surface area contributed by atoms with Crippen molar-refractivity contribution in [2.45, 2.75) is 37.5 Å². The van der Waals surface area contributed by atoms with Gasteiger partial charge in [-0.15, -0.1) is 0 Å². The summed E-state index contributed by atoms with van der Waals surface area (Å²) in [7, 11) is -4.80. The molecule has 0 aliphatic heterocycles. The summed E-state index contributed by atoms with van der Waals surface area (Å²) < 4.78 is 48.4. The third-order valence-electron chi connectivity index (χ3n) is 2.90. The van der Waals surface area contributed by atoms with Crippen molar-refractivity contribution in [2.24, 2.45) is 11.1 Å². The summed E-state index contributed by atoms with van der Waals surface area (Å²) in [6.45, 7) is 5.21. The van der Waals surface area contributed by atoms with Gasteiger partial charge in [0.1, 0.15) is 0 Å². The minimum atomic E-state index is -4.80. The highest BCUT2D eigenvalue weighted by Gasteiger charge is 2.32. The van der Waals surface area contributed by atoms with E-state index in [0.717, 1.165) is 6.07 Å². The Morgan fingerprint density at radius 2 is 1.76 bits per heavy atom. The lowest BCUT2D eigenvalue weighted by Crippen LogP contribution is -2.45. The third-order valence-corrected chi connectivity index (χ3v) is 4.34. The molecule has 5 nitrogen and oxygen atoms in total. The summed E-state index contributed by atoms with van der Waals surface area (Å²) in [5, 5.41) is 2.30. The fourth-order valence-electron chi connectivity index (χ4n) is 1.52. The smallest absolute Gasteiger partial charge is 0.324 e. The first-order chi connectivity index (χ1) is 9.48. The Bertz CT molecular complexity index is 625. The summed E-state index contributed by atoms with van der Waals surface area (Å²) in [4.78, 5) is 11.4. The van der Waals surface area contributed by atoms with Gasteiger partial charge in [0.25, 0.3) is 0 Å². The minimum absolute atomic E-state index is 0.206. The van der Waals surface area contributed by atoms with Gasteiger partial charge in [-0.2, -0.15) is 8.78 Å². The van der Waals surface area contributed by atoms with Gasteiger partial charge in [-0.3, -0.25) is 4.79 Å². The molecule has 1 rings (SSSR count). The molecule has 3 N–H and O–H groups in total. The Hall–Kier alpha value is -1.54. The molecule has 1 amide bonds. The Morgan fingerprint density at radius 1 is 1.24 bits per heavy atom. The number of nitrogens with one attached hydrogen (secondary N) is 1. The zero-order valence-corrected chi connectivity index (χ0v) is 12.7. The first-order valence-electron chi connectivity index (χ1n) is 6.15. The summed E-state index contributed by atoms with van der Waals surface area (Å²) in [6, 6.07) is 4.07. The highest BCUT2D eigenvalue weighted by atomic mass is 32.2. The van der Waals surface area contributed by atoms with E-state index in [1.54, 1.807) is 20.8 Å². The third kappa shape index (κ3) is 3.98. The highest BCUT2D eigenvalue weighted by molar-refractivity contribution is 7.91. The second-order valence-corrected chi connectivity index (χ2v) is 7.52. The van der Waals surface area contributed by atoms with E-state index in [1.807, 2.05) is 0 Å². The summed E-state index contributed by atoms with van der Waals surface area (Å²) in [5.74, 6) is -4.20. The molecule has 0 heterocycles.